The van der Waals surface area contributed by atoms with Crippen molar-refractivity contribution in [1.29, 1.82) is 5.26 Å². The SMILES string of the molecule is C/C(C#N)=C\C(C)(F)C=C(/C=C/F)NCC(=O)NC1=Nc2ccc(Cl)cc2CS1. The molecule has 0 radical (unpaired) electrons. The highest BCUT2D eigenvalue weighted by molar-refractivity contribution is 8.13. The number of thioether (sulfide) groups is 1. The summed E-state index contributed by atoms with van der Waals surface area (Å²) < 4.78 is 27.2. The van der Waals surface area contributed by atoms with Crippen LogP contribution in [0.5, 0.6) is 0 Å². The third-order valence-electron chi connectivity index (χ3n) is 3.68. The predicted octanol–water partition coefficient (Wildman–Crippen LogP) is 4.85. The third-order valence-corrected chi connectivity index (χ3v) is 4.84. The molecule has 1 atom stereocenters. The van der Waals surface area contributed by atoms with Gasteiger partial charge in [0, 0.05) is 22.0 Å². The van der Waals surface area contributed by atoms with Crippen LogP contribution in [0.4, 0.5) is 14.5 Å². The Bertz CT molecular complexity index is 948. The highest BCUT2D eigenvalue weighted by Crippen LogP contribution is 2.32. The Hall–Kier alpha value is -2.63. The molecule has 0 spiro atoms. The van der Waals surface area contributed by atoms with Crippen molar-refractivity contribution < 1.29 is 13.6 Å². The summed E-state index contributed by atoms with van der Waals surface area (Å²) in [6, 6.07) is 7.14. The van der Waals surface area contributed by atoms with Crippen LogP contribution in [0.1, 0.15) is 19.4 Å². The Morgan fingerprint density at radius 1 is 1.48 bits per heavy atom. The lowest BCUT2D eigenvalue weighted by Gasteiger charge is -2.17. The van der Waals surface area contributed by atoms with E-state index in [1.54, 1.807) is 12.1 Å². The number of amidine groups is 1. The summed E-state index contributed by atoms with van der Waals surface area (Å²) in [5.74, 6) is 0.194. The maximum atomic E-state index is 14.5. The second kappa shape index (κ2) is 10.2. The van der Waals surface area contributed by atoms with Gasteiger partial charge in [0.1, 0.15) is 5.67 Å². The van der Waals surface area contributed by atoms with Crippen LogP contribution < -0.4 is 10.6 Å². The third kappa shape index (κ3) is 7.37. The second-order valence-electron chi connectivity index (χ2n) is 6.36. The minimum atomic E-state index is -1.99. The number of rotatable bonds is 6. The van der Waals surface area contributed by atoms with Crippen molar-refractivity contribution >= 4 is 40.1 Å². The van der Waals surface area contributed by atoms with Gasteiger partial charge in [-0.25, -0.2) is 13.8 Å². The van der Waals surface area contributed by atoms with Crippen LogP contribution in [-0.2, 0) is 10.5 Å². The molecule has 152 valence electrons. The number of aliphatic imine (C=N–C) groups is 1. The summed E-state index contributed by atoms with van der Waals surface area (Å²) in [5.41, 5.74) is -0.0497. The van der Waals surface area contributed by atoms with E-state index in [1.165, 1.54) is 25.6 Å². The van der Waals surface area contributed by atoms with Crippen molar-refractivity contribution in [2.24, 2.45) is 4.99 Å². The summed E-state index contributed by atoms with van der Waals surface area (Å²) in [4.78, 5) is 16.6. The molecule has 0 bridgehead atoms. The number of nitriles is 1. The van der Waals surface area contributed by atoms with Gasteiger partial charge in [0.15, 0.2) is 5.17 Å². The fourth-order valence-corrected chi connectivity index (χ4v) is 3.57. The monoisotopic (exact) mass is 436 g/mol. The van der Waals surface area contributed by atoms with Gasteiger partial charge in [-0.2, -0.15) is 5.26 Å². The highest BCUT2D eigenvalue weighted by atomic mass is 35.5. The number of nitrogens with one attached hydrogen (secondary N) is 2. The quantitative estimate of drug-likeness (QED) is 0.494. The molecular formula is C20H19ClF2N4OS. The number of fused-ring (bicyclic) bond motifs is 1. The van der Waals surface area contributed by atoms with Crippen LogP contribution in [0.3, 0.4) is 0 Å². The largest absolute Gasteiger partial charge is 0.376 e. The Morgan fingerprint density at radius 2 is 2.24 bits per heavy atom. The van der Waals surface area contributed by atoms with Crippen LogP contribution in [0.25, 0.3) is 0 Å². The lowest BCUT2D eigenvalue weighted by atomic mass is 10.0. The first-order chi connectivity index (χ1) is 13.7. The van der Waals surface area contributed by atoms with Crippen LogP contribution in [0.2, 0.25) is 5.02 Å². The van der Waals surface area contributed by atoms with Gasteiger partial charge in [-0.15, -0.1) is 0 Å². The number of carbonyl (C=O) groups excluding carboxylic acids is 1. The number of benzene rings is 1. The molecule has 9 heteroatoms. The molecule has 1 amide bonds. The van der Waals surface area contributed by atoms with Gasteiger partial charge in [-0.05, 0) is 55.8 Å². The Balaban J connectivity index is 2.02. The van der Waals surface area contributed by atoms with Gasteiger partial charge >= 0.3 is 0 Å². The number of halogens is 3. The topological polar surface area (TPSA) is 77.3 Å². The van der Waals surface area contributed by atoms with Crippen molar-refractivity contribution in [3.8, 4) is 6.07 Å². The molecule has 0 aliphatic carbocycles. The summed E-state index contributed by atoms with van der Waals surface area (Å²) in [7, 11) is 0. The van der Waals surface area contributed by atoms with E-state index in [-0.39, 0.29) is 24.1 Å². The van der Waals surface area contributed by atoms with Crippen molar-refractivity contribution in [3.63, 3.8) is 0 Å². The van der Waals surface area contributed by atoms with Crippen LogP contribution in [0.15, 0.2) is 59.0 Å². The number of hydrogen-bond donors (Lipinski definition) is 2. The minimum absolute atomic E-state index is 0.0628. The maximum absolute atomic E-state index is 14.5. The second-order valence-corrected chi connectivity index (χ2v) is 7.76. The van der Waals surface area contributed by atoms with Gasteiger partial charge in [0.2, 0.25) is 5.91 Å². The molecular weight excluding hydrogens is 418 g/mol. The van der Waals surface area contributed by atoms with E-state index in [2.05, 4.69) is 15.6 Å². The van der Waals surface area contributed by atoms with Crippen molar-refractivity contribution in [2.45, 2.75) is 25.3 Å². The predicted molar refractivity (Wildman–Crippen MR) is 113 cm³/mol. The first-order valence-corrected chi connectivity index (χ1v) is 9.90. The molecule has 1 aliphatic rings. The van der Waals surface area contributed by atoms with E-state index in [9.17, 15) is 13.6 Å². The van der Waals surface area contributed by atoms with E-state index in [1.807, 2.05) is 12.1 Å². The Morgan fingerprint density at radius 3 is 2.93 bits per heavy atom. The number of allylic oxidation sites excluding steroid dienone is 4. The van der Waals surface area contributed by atoms with Crippen LogP contribution in [0, 0.1) is 11.3 Å². The summed E-state index contributed by atoms with van der Waals surface area (Å²) in [6.45, 7) is 2.46. The molecule has 1 aliphatic heterocycles. The summed E-state index contributed by atoms with van der Waals surface area (Å²) >= 11 is 7.31. The van der Waals surface area contributed by atoms with Crippen molar-refractivity contribution in [1.82, 2.24) is 10.6 Å². The van der Waals surface area contributed by atoms with E-state index in [0.29, 0.717) is 15.9 Å². The lowest BCUT2D eigenvalue weighted by molar-refractivity contribution is -0.118. The summed E-state index contributed by atoms with van der Waals surface area (Å²) in [6.07, 6.45) is 3.42. The van der Waals surface area contributed by atoms with Gasteiger partial charge in [0.25, 0.3) is 0 Å². The average molecular weight is 437 g/mol. The molecule has 1 unspecified atom stereocenters. The number of alkyl halides is 1. The smallest absolute Gasteiger partial charge is 0.245 e. The molecule has 0 fully saturated rings. The molecule has 2 N–H and O–H groups in total. The first-order valence-electron chi connectivity index (χ1n) is 8.54. The zero-order chi connectivity index (χ0) is 21.4. The zero-order valence-electron chi connectivity index (χ0n) is 15.8. The Labute approximate surface area is 177 Å². The van der Waals surface area contributed by atoms with E-state index in [0.717, 1.165) is 29.5 Å². The van der Waals surface area contributed by atoms with Crippen molar-refractivity contribution in [2.75, 3.05) is 6.54 Å². The normalized spacial score (nSPS) is 16.5. The minimum Gasteiger partial charge on any atom is -0.376 e. The van der Waals surface area contributed by atoms with Gasteiger partial charge in [-0.3, -0.25) is 4.79 Å². The molecule has 29 heavy (non-hydrogen) atoms. The van der Waals surface area contributed by atoms with Crippen LogP contribution in [-0.4, -0.2) is 23.3 Å². The Kier molecular flexibility index (Phi) is 8.00. The zero-order valence-corrected chi connectivity index (χ0v) is 17.4. The average Bonchev–Trinajstić information content (AvgIpc) is 2.65. The first kappa shape index (κ1) is 22.7. The molecule has 5 nitrogen and oxygen atoms in total. The molecule has 0 saturated carbocycles. The van der Waals surface area contributed by atoms with E-state index in [4.69, 9.17) is 16.9 Å². The summed E-state index contributed by atoms with van der Waals surface area (Å²) in [5, 5.41) is 15.2. The lowest BCUT2D eigenvalue weighted by Crippen LogP contribution is -2.36. The maximum Gasteiger partial charge on any atom is 0.245 e. The highest BCUT2D eigenvalue weighted by Gasteiger charge is 2.19. The fourth-order valence-electron chi connectivity index (χ4n) is 2.50. The molecule has 0 saturated heterocycles. The van der Waals surface area contributed by atoms with Gasteiger partial charge < -0.3 is 10.6 Å². The molecule has 1 aromatic carbocycles. The van der Waals surface area contributed by atoms with Crippen LogP contribution >= 0.6 is 23.4 Å². The number of amides is 1. The molecule has 2 rings (SSSR count). The number of hydrogen-bond acceptors (Lipinski definition) is 5. The van der Waals surface area contributed by atoms with Gasteiger partial charge in [0.05, 0.1) is 24.6 Å². The van der Waals surface area contributed by atoms with E-state index >= 15 is 0 Å². The van der Waals surface area contributed by atoms with E-state index < -0.39 is 11.6 Å². The number of carbonyl (C=O) groups is 1. The fraction of sp³-hybridized carbons (Fsp3) is 0.250. The molecule has 1 heterocycles. The molecule has 1 aromatic rings. The number of nitrogens with zero attached hydrogens (tertiary/aromatic N) is 2. The van der Waals surface area contributed by atoms with Gasteiger partial charge in [-0.1, -0.05) is 23.4 Å². The van der Waals surface area contributed by atoms with Crippen molar-refractivity contribution in [3.05, 3.63) is 64.6 Å². The standard InChI is InChI=1S/C20H19ClF2N4OS/c1-13(10-24)8-20(2,23)9-16(5-6-22)25-11-18(28)27-19-26-17-4-3-15(21)7-14(17)12-29-19/h3-9,25H,11-12H2,1-2H3,(H,26,27,28)/b6-5+,13-8+,16-9?. The molecule has 0 aromatic heterocycles.